The van der Waals surface area contributed by atoms with E-state index in [0.29, 0.717) is 38.1 Å². The van der Waals surface area contributed by atoms with Gasteiger partial charge in [-0.15, -0.1) is 0 Å². The maximum absolute atomic E-state index is 14.1. The lowest BCUT2D eigenvalue weighted by Gasteiger charge is -2.47. The summed E-state index contributed by atoms with van der Waals surface area (Å²) in [4.78, 5) is 33.5. The molecule has 3 heterocycles. The molecular formula is C29H39F3N4O2. The van der Waals surface area contributed by atoms with E-state index < -0.39 is 24.2 Å². The standard InChI is InChI=1S/C29H39F3N4O2/c1-34(23-13-20(14-23)29(30,31)32)21-7-9-24(33)26(37)36-22(15-21)8-10-25(36)27(38)35-17-19(16-28(35)11-12-28)18-5-3-2-4-6-18/h2-6,19-25H,7-17,33H2,1H3/t19-,20?,21+,22-,23?,24+,25+/m1/s1. The Morgan fingerprint density at radius 2 is 1.74 bits per heavy atom. The van der Waals surface area contributed by atoms with Gasteiger partial charge < -0.3 is 20.4 Å². The fraction of sp³-hybridized carbons (Fsp3) is 0.724. The first-order valence-electron chi connectivity index (χ1n) is 14.3. The molecule has 9 heteroatoms. The van der Waals surface area contributed by atoms with Crippen molar-refractivity contribution >= 4 is 11.8 Å². The largest absolute Gasteiger partial charge is 0.391 e. The third-order valence-corrected chi connectivity index (χ3v) is 10.4. The number of rotatable bonds is 4. The van der Waals surface area contributed by atoms with Crippen LogP contribution in [0.3, 0.4) is 0 Å². The number of carbonyl (C=O) groups excluding carboxylic acids is 2. The second-order valence-electron chi connectivity index (χ2n) is 12.6. The van der Waals surface area contributed by atoms with Crippen LogP contribution in [0.1, 0.15) is 75.7 Å². The van der Waals surface area contributed by atoms with Crippen LogP contribution in [-0.4, -0.2) is 82.0 Å². The summed E-state index contributed by atoms with van der Waals surface area (Å²) in [6.07, 6.45) is 2.36. The van der Waals surface area contributed by atoms with Gasteiger partial charge in [-0.2, -0.15) is 13.2 Å². The number of halogens is 3. The molecule has 1 spiro atoms. The van der Waals surface area contributed by atoms with E-state index in [1.165, 1.54) is 5.56 Å². The van der Waals surface area contributed by atoms with E-state index in [1.54, 1.807) is 4.90 Å². The number of benzene rings is 1. The smallest absolute Gasteiger partial charge is 0.335 e. The summed E-state index contributed by atoms with van der Waals surface area (Å²) in [5.74, 6) is -0.990. The van der Waals surface area contributed by atoms with Gasteiger partial charge in [0.15, 0.2) is 0 Å². The van der Waals surface area contributed by atoms with E-state index >= 15 is 0 Å². The fourth-order valence-electron chi connectivity index (χ4n) is 7.78. The molecule has 1 aromatic carbocycles. The lowest BCUT2D eigenvalue weighted by molar-refractivity contribution is -0.207. The highest BCUT2D eigenvalue weighted by Gasteiger charge is 2.58. The zero-order valence-electron chi connectivity index (χ0n) is 22.1. The van der Waals surface area contributed by atoms with Crippen molar-refractivity contribution in [3.05, 3.63) is 35.9 Å². The van der Waals surface area contributed by atoms with Gasteiger partial charge in [0.1, 0.15) is 6.04 Å². The predicted octanol–water partition coefficient (Wildman–Crippen LogP) is 4.05. The van der Waals surface area contributed by atoms with Crippen LogP contribution in [0.25, 0.3) is 0 Å². The Balaban J connectivity index is 1.16. The minimum atomic E-state index is -4.13. The van der Waals surface area contributed by atoms with Gasteiger partial charge in [-0.3, -0.25) is 9.59 Å². The molecular weight excluding hydrogens is 493 g/mol. The van der Waals surface area contributed by atoms with Gasteiger partial charge >= 0.3 is 6.18 Å². The minimum absolute atomic E-state index is 0.0544. The highest BCUT2D eigenvalue weighted by molar-refractivity contribution is 5.91. The van der Waals surface area contributed by atoms with E-state index in [1.807, 2.05) is 25.2 Å². The van der Waals surface area contributed by atoms with Crippen LogP contribution >= 0.6 is 0 Å². The van der Waals surface area contributed by atoms with Gasteiger partial charge in [0.2, 0.25) is 11.8 Å². The molecule has 3 saturated heterocycles. The molecule has 0 unspecified atom stereocenters. The monoisotopic (exact) mass is 532 g/mol. The molecule has 38 heavy (non-hydrogen) atoms. The zero-order chi connectivity index (χ0) is 26.8. The van der Waals surface area contributed by atoms with Gasteiger partial charge in [0.25, 0.3) is 0 Å². The lowest BCUT2D eigenvalue weighted by Crippen LogP contribution is -2.58. The number of likely N-dealkylation sites (tertiary alicyclic amines) is 1. The summed E-state index contributed by atoms with van der Waals surface area (Å²) in [5.41, 5.74) is 7.55. The molecule has 5 fully saturated rings. The number of fused-ring (bicyclic) bond motifs is 1. The molecule has 5 atom stereocenters. The van der Waals surface area contributed by atoms with Crippen LogP contribution < -0.4 is 5.73 Å². The van der Waals surface area contributed by atoms with E-state index in [0.717, 1.165) is 25.7 Å². The first-order valence-corrected chi connectivity index (χ1v) is 14.3. The average molecular weight is 533 g/mol. The average Bonchev–Trinajstić information content (AvgIpc) is 3.34. The molecule has 2 aliphatic carbocycles. The molecule has 0 bridgehead atoms. The van der Waals surface area contributed by atoms with Gasteiger partial charge in [-0.1, -0.05) is 30.3 Å². The predicted molar refractivity (Wildman–Crippen MR) is 137 cm³/mol. The van der Waals surface area contributed by atoms with Crippen molar-refractivity contribution < 1.29 is 22.8 Å². The zero-order valence-corrected chi connectivity index (χ0v) is 22.1. The van der Waals surface area contributed by atoms with Crippen LogP contribution in [0.5, 0.6) is 0 Å². The molecule has 2 N–H and O–H groups in total. The van der Waals surface area contributed by atoms with Crippen molar-refractivity contribution in [3.63, 3.8) is 0 Å². The van der Waals surface area contributed by atoms with Crippen molar-refractivity contribution in [3.8, 4) is 0 Å². The topological polar surface area (TPSA) is 69.9 Å². The molecule has 3 aliphatic heterocycles. The van der Waals surface area contributed by atoms with E-state index in [-0.39, 0.29) is 48.3 Å². The molecule has 2 saturated carbocycles. The summed E-state index contributed by atoms with van der Waals surface area (Å²) in [7, 11) is 1.92. The van der Waals surface area contributed by atoms with Gasteiger partial charge in [0.05, 0.1) is 12.0 Å². The summed E-state index contributed by atoms with van der Waals surface area (Å²) in [5, 5.41) is 0. The molecule has 6 rings (SSSR count). The number of nitrogens with zero attached hydrogens (tertiary/aromatic N) is 3. The van der Waals surface area contributed by atoms with Crippen molar-refractivity contribution in [1.82, 2.24) is 14.7 Å². The third-order valence-electron chi connectivity index (χ3n) is 10.4. The first kappa shape index (κ1) is 26.1. The third kappa shape index (κ3) is 4.53. The van der Waals surface area contributed by atoms with E-state index in [4.69, 9.17) is 5.73 Å². The Kier molecular flexibility index (Phi) is 6.53. The maximum Gasteiger partial charge on any atom is 0.391 e. The number of amides is 2. The SMILES string of the molecule is CN(C1CC(C(F)(F)F)C1)[C@H]1CC[C@H](N)C(=O)N2[C@H](CC[C@H]2C(=O)N2C[C@H](c3ccccc3)CC23CC3)C1. The summed E-state index contributed by atoms with van der Waals surface area (Å²) < 4.78 is 39.2. The van der Waals surface area contributed by atoms with E-state index in [9.17, 15) is 22.8 Å². The number of alkyl halides is 3. The summed E-state index contributed by atoms with van der Waals surface area (Å²) in [6, 6.07) is 9.05. The van der Waals surface area contributed by atoms with Crippen LogP contribution in [0.4, 0.5) is 13.2 Å². The van der Waals surface area contributed by atoms with Crippen LogP contribution in [-0.2, 0) is 9.59 Å². The Hall–Kier alpha value is -2.13. The van der Waals surface area contributed by atoms with Crippen molar-refractivity contribution in [1.29, 1.82) is 0 Å². The number of hydrogen-bond acceptors (Lipinski definition) is 4. The van der Waals surface area contributed by atoms with Crippen molar-refractivity contribution in [2.24, 2.45) is 11.7 Å². The Labute approximate surface area is 222 Å². The first-order chi connectivity index (χ1) is 18.1. The quantitative estimate of drug-likeness (QED) is 0.636. The van der Waals surface area contributed by atoms with Crippen LogP contribution in [0.2, 0.25) is 0 Å². The van der Waals surface area contributed by atoms with Crippen LogP contribution in [0.15, 0.2) is 30.3 Å². The summed E-state index contributed by atoms with van der Waals surface area (Å²) in [6.45, 7) is 0.686. The molecule has 2 amide bonds. The number of hydrogen-bond donors (Lipinski definition) is 1. The molecule has 0 aromatic heterocycles. The van der Waals surface area contributed by atoms with Crippen molar-refractivity contribution in [2.75, 3.05) is 13.6 Å². The molecule has 6 nitrogen and oxygen atoms in total. The highest BCUT2D eigenvalue weighted by Crippen LogP contribution is 2.54. The Bertz CT molecular complexity index is 1060. The second kappa shape index (κ2) is 9.51. The highest BCUT2D eigenvalue weighted by atomic mass is 19.4. The fourth-order valence-corrected chi connectivity index (χ4v) is 7.78. The molecule has 1 aromatic rings. The van der Waals surface area contributed by atoms with E-state index in [2.05, 4.69) is 21.9 Å². The normalized spacial score (nSPS) is 36.7. The Morgan fingerprint density at radius 1 is 1.03 bits per heavy atom. The second-order valence-corrected chi connectivity index (χ2v) is 12.6. The van der Waals surface area contributed by atoms with Gasteiger partial charge in [-0.25, -0.2) is 0 Å². The van der Waals surface area contributed by atoms with Gasteiger partial charge in [0, 0.05) is 36.1 Å². The maximum atomic E-state index is 14.1. The molecule has 208 valence electrons. The van der Waals surface area contributed by atoms with Crippen molar-refractivity contribution in [2.45, 2.75) is 112 Å². The van der Waals surface area contributed by atoms with Gasteiger partial charge in [-0.05, 0) is 76.8 Å². The molecule has 0 radical (unpaired) electrons. The van der Waals surface area contributed by atoms with Crippen LogP contribution in [0, 0.1) is 5.92 Å². The Morgan fingerprint density at radius 3 is 2.39 bits per heavy atom. The molecule has 5 aliphatic rings. The number of carbonyl (C=O) groups is 2. The number of nitrogens with two attached hydrogens (primary N) is 1. The lowest BCUT2D eigenvalue weighted by atomic mass is 9.77. The minimum Gasteiger partial charge on any atom is -0.335 e. The summed E-state index contributed by atoms with van der Waals surface area (Å²) >= 11 is 0.